The summed E-state index contributed by atoms with van der Waals surface area (Å²) in [7, 11) is 1.64. The Kier molecular flexibility index (Phi) is 2.81. The second kappa shape index (κ2) is 4.32. The van der Waals surface area contributed by atoms with Gasteiger partial charge in [0.25, 0.3) is 0 Å². The van der Waals surface area contributed by atoms with Crippen molar-refractivity contribution < 1.29 is 4.74 Å². The number of aromatic nitrogens is 4. The average molecular weight is 253 g/mol. The molecule has 2 aromatic rings. The zero-order valence-corrected chi connectivity index (χ0v) is 10.5. The van der Waals surface area contributed by atoms with Crippen LogP contribution in [0.5, 0.6) is 0 Å². The monoisotopic (exact) mass is 253 g/mol. The molecule has 0 saturated heterocycles. The van der Waals surface area contributed by atoms with Crippen LogP contribution in [0.4, 0.5) is 0 Å². The van der Waals surface area contributed by atoms with Gasteiger partial charge in [-0.3, -0.25) is 0 Å². The van der Waals surface area contributed by atoms with E-state index in [0.717, 1.165) is 22.2 Å². The Balaban J connectivity index is 1.80. The molecule has 2 heterocycles. The predicted molar refractivity (Wildman–Crippen MR) is 63.8 cm³/mol. The van der Waals surface area contributed by atoms with E-state index in [0.29, 0.717) is 12.5 Å². The van der Waals surface area contributed by atoms with Crippen molar-refractivity contribution in [2.75, 3.05) is 7.11 Å². The fraction of sp³-hybridized carbons (Fsp3) is 0.700. The quantitative estimate of drug-likeness (QED) is 0.844. The van der Waals surface area contributed by atoms with E-state index in [1.807, 2.05) is 0 Å². The van der Waals surface area contributed by atoms with Crippen LogP contribution in [-0.2, 0) is 17.8 Å². The van der Waals surface area contributed by atoms with E-state index in [4.69, 9.17) is 10.5 Å². The molecule has 0 aliphatic heterocycles. The van der Waals surface area contributed by atoms with Crippen molar-refractivity contribution in [2.45, 2.75) is 31.9 Å². The Bertz CT molecular complexity index is 518. The van der Waals surface area contributed by atoms with Crippen LogP contribution < -0.4 is 5.73 Å². The van der Waals surface area contributed by atoms with Crippen molar-refractivity contribution in [1.82, 2.24) is 19.8 Å². The van der Waals surface area contributed by atoms with E-state index < -0.39 is 0 Å². The van der Waals surface area contributed by atoms with Crippen LogP contribution >= 0.6 is 11.3 Å². The molecule has 1 aliphatic rings. The molecule has 1 unspecified atom stereocenters. The van der Waals surface area contributed by atoms with Crippen molar-refractivity contribution in [3.8, 4) is 0 Å². The number of nitrogens with zero attached hydrogens (tertiary/aromatic N) is 4. The minimum Gasteiger partial charge on any atom is -0.377 e. The topological polar surface area (TPSA) is 78.3 Å². The lowest BCUT2D eigenvalue weighted by atomic mass is 10.1. The Hall–Kier alpha value is -1.05. The number of methoxy groups -OCH3 is 1. The van der Waals surface area contributed by atoms with Gasteiger partial charge in [0, 0.05) is 19.6 Å². The third-order valence-electron chi connectivity index (χ3n) is 3.01. The normalized spacial score (nSPS) is 17.8. The van der Waals surface area contributed by atoms with E-state index in [1.165, 1.54) is 12.8 Å². The predicted octanol–water partition coefficient (Wildman–Crippen LogP) is 0.612. The Labute approximate surface area is 103 Å². The van der Waals surface area contributed by atoms with Crippen LogP contribution in [0.2, 0.25) is 0 Å². The molecule has 3 rings (SSSR count). The third kappa shape index (κ3) is 2.18. The molecule has 6 nitrogen and oxygen atoms in total. The summed E-state index contributed by atoms with van der Waals surface area (Å²) in [6, 6.07) is 0.240. The number of nitrogens with two attached hydrogens (primary N) is 1. The van der Waals surface area contributed by atoms with Gasteiger partial charge in [0.1, 0.15) is 11.6 Å². The fourth-order valence-electron chi connectivity index (χ4n) is 1.89. The number of hydrogen-bond donors (Lipinski definition) is 1. The van der Waals surface area contributed by atoms with Gasteiger partial charge >= 0.3 is 0 Å². The molecular formula is C10H15N5OS. The maximum Gasteiger partial charge on any atom is 0.234 e. The third-order valence-corrected chi connectivity index (χ3v) is 3.93. The number of fused-ring (bicyclic) bond motifs is 1. The van der Waals surface area contributed by atoms with Crippen LogP contribution in [0, 0.1) is 5.92 Å². The lowest BCUT2D eigenvalue weighted by molar-refractivity contribution is 0.176. The first-order chi connectivity index (χ1) is 8.28. The van der Waals surface area contributed by atoms with Crippen molar-refractivity contribution in [3.63, 3.8) is 0 Å². The molecular weight excluding hydrogens is 238 g/mol. The van der Waals surface area contributed by atoms with Gasteiger partial charge in [0.05, 0.1) is 0 Å². The summed E-state index contributed by atoms with van der Waals surface area (Å²) in [5.41, 5.74) is 6.09. The molecule has 2 aromatic heterocycles. The highest BCUT2D eigenvalue weighted by Gasteiger charge is 2.29. The largest absolute Gasteiger partial charge is 0.377 e. The molecule has 1 aliphatic carbocycles. The van der Waals surface area contributed by atoms with E-state index >= 15 is 0 Å². The summed E-state index contributed by atoms with van der Waals surface area (Å²) in [5.74, 6) is 1.44. The molecule has 17 heavy (non-hydrogen) atoms. The van der Waals surface area contributed by atoms with Crippen LogP contribution in [0.3, 0.4) is 0 Å². The Morgan fingerprint density at radius 3 is 3.06 bits per heavy atom. The molecule has 2 N–H and O–H groups in total. The summed E-state index contributed by atoms with van der Waals surface area (Å²) >= 11 is 1.56. The van der Waals surface area contributed by atoms with Gasteiger partial charge in [-0.15, -0.1) is 10.2 Å². The molecule has 1 fully saturated rings. The zero-order chi connectivity index (χ0) is 11.8. The van der Waals surface area contributed by atoms with Gasteiger partial charge in [-0.05, 0) is 18.8 Å². The van der Waals surface area contributed by atoms with Gasteiger partial charge in [0.15, 0.2) is 5.82 Å². The smallest absolute Gasteiger partial charge is 0.234 e. The minimum atomic E-state index is 0.240. The molecule has 92 valence electrons. The molecule has 0 bridgehead atoms. The van der Waals surface area contributed by atoms with Crippen molar-refractivity contribution >= 4 is 16.3 Å². The minimum absolute atomic E-state index is 0.240. The van der Waals surface area contributed by atoms with Gasteiger partial charge in [-0.2, -0.15) is 9.61 Å². The highest BCUT2D eigenvalue weighted by molar-refractivity contribution is 7.16. The summed E-state index contributed by atoms with van der Waals surface area (Å²) in [5, 5.41) is 13.6. The highest BCUT2D eigenvalue weighted by atomic mass is 32.1. The molecule has 0 spiro atoms. The number of rotatable bonds is 5. The number of hydrogen-bond acceptors (Lipinski definition) is 6. The summed E-state index contributed by atoms with van der Waals surface area (Å²) in [6.07, 6.45) is 3.37. The molecule has 7 heteroatoms. The zero-order valence-electron chi connectivity index (χ0n) is 9.67. The van der Waals surface area contributed by atoms with Gasteiger partial charge < -0.3 is 10.5 Å². The maximum absolute atomic E-state index is 6.09. The highest BCUT2D eigenvalue weighted by Crippen LogP contribution is 2.33. The lowest BCUT2D eigenvalue weighted by Crippen LogP contribution is -2.25. The van der Waals surface area contributed by atoms with Gasteiger partial charge in [0.2, 0.25) is 4.96 Å². The van der Waals surface area contributed by atoms with Crippen molar-refractivity contribution in [3.05, 3.63) is 10.8 Å². The molecule has 0 amide bonds. The van der Waals surface area contributed by atoms with Gasteiger partial charge in [-0.1, -0.05) is 11.3 Å². The van der Waals surface area contributed by atoms with E-state index in [2.05, 4.69) is 15.3 Å². The average Bonchev–Trinajstić information content (AvgIpc) is 2.99. The summed E-state index contributed by atoms with van der Waals surface area (Å²) < 4.78 is 6.80. The first-order valence-electron chi connectivity index (χ1n) is 5.72. The van der Waals surface area contributed by atoms with Gasteiger partial charge in [-0.25, -0.2) is 0 Å². The van der Waals surface area contributed by atoms with E-state index in [-0.39, 0.29) is 6.04 Å². The maximum atomic E-state index is 6.09. The Morgan fingerprint density at radius 2 is 2.35 bits per heavy atom. The van der Waals surface area contributed by atoms with Crippen LogP contribution in [0.15, 0.2) is 0 Å². The van der Waals surface area contributed by atoms with Crippen LogP contribution in [-0.4, -0.2) is 33.0 Å². The van der Waals surface area contributed by atoms with Crippen LogP contribution in [0.25, 0.3) is 4.96 Å². The summed E-state index contributed by atoms with van der Waals surface area (Å²) in [4.78, 5) is 0.815. The molecule has 1 atom stereocenters. The fourth-order valence-corrected chi connectivity index (χ4v) is 2.81. The van der Waals surface area contributed by atoms with E-state index in [9.17, 15) is 0 Å². The molecule has 0 radical (unpaired) electrons. The second-order valence-corrected chi connectivity index (χ2v) is 5.49. The SMILES string of the molecule is COCc1nnc2sc(CC(N)C3CC3)nn12. The van der Waals surface area contributed by atoms with Crippen molar-refractivity contribution in [2.24, 2.45) is 11.7 Å². The second-order valence-electron chi connectivity index (χ2n) is 4.44. The van der Waals surface area contributed by atoms with Crippen molar-refractivity contribution in [1.29, 1.82) is 0 Å². The standard InChI is InChI=1S/C10H15N5OS/c1-16-5-8-12-13-10-15(8)14-9(17-10)4-7(11)6-2-3-6/h6-7H,2-5,11H2,1H3. The first-order valence-corrected chi connectivity index (χ1v) is 6.54. The molecule has 1 saturated carbocycles. The Morgan fingerprint density at radius 1 is 1.53 bits per heavy atom. The summed E-state index contributed by atoms with van der Waals surface area (Å²) in [6.45, 7) is 0.430. The van der Waals surface area contributed by atoms with Crippen LogP contribution in [0.1, 0.15) is 23.7 Å². The first kappa shape index (κ1) is 11.1. The van der Waals surface area contributed by atoms with E-state index in [1.54, 1.807) is 23.0 Å². The lowest BCUT2D eigenvalue weighted by Gasteiger charge is -2.05. The molecule has 0 aromatic carbocycles. The number of ether oxygens (including phenoxy) is 1.